The lowest BCUT2D eigenvalue weighted by Crippen LogP contribution is -1.65. The Morgan fingerprint density at radius 3 is 2.50 bits per heavy atom. The molecule has 0 radical (unpaired) electrons. The van der Waals surface area contributed by atoms with Crippen LogP contribution in [0.15, 0.2) is 28.6 Å². The van der Waals surface area contributed by atoms with Gasteiger partial charge in [0.2, 0.25) is 0 Å². The van der Waals surface area contributed by atoms with Crippen LogP contribution in [-0.2, 0) is 4.74 Å². The van der Waals surface area contributed by atoms with Crippen molar-refractivity contribution in [3.8, 4) is 0 Å². The normalized spacial score (nSPS) is 9.64. The van der Waals surface area contributed by atoms with Crippen molar-refractivity contribution in [2.24, 2.45) is 0 Å². The van der Waals surface area contributed by atoms with Crippen molar-refractivity contribution >= 4 is 33.3 Å². The highest BCUT2D eigenvalue weighted by Gasteiger charge is 1.99. The minimum absolute atomic E-state index is 1.11. The first-order valence-electron chi connectivity index (χ1n) is 4.11. The van der Waals surface area contributed by atoms with Gasteiger partial charge >= 0.3 is 0 Å². The first kappa shape index (κ1) is 11.5. The molecule has 0 aliphatic heterocycles. The van der Waals surface area contributed by atoms with Crippen LogP contribution < -0.4 is 0 Å². The number of thioether (sulfide) groups is 1. The topological polar surface area (TPSA) is 22.1 Å². The molecule has 0 spiro atoms. The third-order valence-electron chi connectivity index (χ3n) is 1.45. The van der Waals surface area contributed by atoms with E-state index in [9.17, 15) is 0 Å². The van der Waals surface area contributed by atoms with E-state index in [1.54, 1.807) is 37.3 Å². The number of para-hydroxylation sites is 1. The number of aromatic nitrogens is 1. The zero-order valence-corrected chi connectivity index (χ0v) is 10.1. The Hall–Kier alpha value is -0.580. The van der Waals surface area contributed by atoms with E-state index in [0.29, 0.717) is 0 Å². The highest BCUT2D eigenvalue weighted by Crippen LogP contribution is 2.27. The van der Waals surface area contributed by atoms with E-state index in [4.69, 9.17) is 0 Å². The second-order valence-corrected chi connectivity index (χ2v) is 4.64. The summed E-state index contributed by atoms with van der Waals surface area (Å²) in [5.41, 5.74) is 1.11. The van der Waals surface area contributed by atoms with Crippen LogP contribution in [0.2, 0.25) is 0 Å². The van der Waals surface area contributed by atoms with Crippen LogP contribution in [0, 0.1) is 0 Å². The molecule has 0 fully saturated rings. The van der Waals surface area contributed by atoms with Crippen molar-refractivity contribution in [1.29, 1.82) is 0 Å². The maximum atomic E-state index is 4.41. The van der Waals surface area contributed by atoms with E-state index < -0.39 is 0 Å². The lowest BCUT2D eigenvalue weighted by molar-refractivity contribution is 0.277. The van der Waals surface area contributed by atoms with Gasteiger partial charge in [0.1, 0.15) is 0 Å². The van der Waals surface area contributed by atoms with Crippen LogP contribution in [0.25, 0.3) is 10.2 Å². The molecule has 0 N–H and O–H groups in total. The van der Waals surface area contributed by atoms with Gasteiger partial charge in [-0.15, -0.1) is 11.3 Å². The van der Waals surface area contributed by atoms with Crippen LogP contribution in [0.4, 0.5) is 0 Å². The monoisotopic (exact) mass is 227 g/mol. The lowest BCUT2D eigenvalue weighted by Gasteiger charge is -1.80. The quantitative estimate of drug-likeness (QED) is 0.698. The fourth-order valence-electron chi connectivity index (χ4n) is 0.938. The van der Waals surface area contributed by atoms with Gasteiger partial charge in [-0.25, -0.2) is 4.98 Å². The molecular weight excluding hydrogens is 214 g/mol. The van der Waals surface area contributed by atoms with Gasteiger partial charge in [0.15, 0.2) is 4.34 Å². The second-order valence-electron chi connectivity index (χ2n) is 2.56. The maximum absolute atomic E-state index is 4.41. The number of hydrogen-bond donors (Lipinski definition) is 0. The molecule has 1 aromatic heterocycles. The van der Waals surface area contributed by atoms with Crippen molar-refractivity contribution in [3.05, 3.63) is 24.3 Å². The van der Waals surface area contributed by atoms with Crippen LogP contribution in [0.5, 0.6) is 0 Å². The zero-order chi connectivity index (χ0) is 10.4. The largest absolute Gasteiger partial charge is 0.388 e. The third-order valence-corrected chi connectivity index (χ3v) is 3.47. The Balaban J connectivity index is 0.000000293. The number of fused-ring (bicyclic) bond motifs is 1. The zero-order valence-electron chi connectivity index (χ0n) is 8.48. The first-order valence-corrected chi connectivity index (χ1v) is 6.15. The molecule has 0 bridgehead atoms. The minimum Gasteiger partial charge on any atom is -0.388 e. The van der Waals surface area contributed by atoms with Gasteiger partial charge in [0.25, 0.3) is 0 Å². The summed E-state index contributed by atoms with van der Waals surface area (Å²) in [7, 11) is 3.25. The molecule has 2 aromatic rings. The second kappa shape index (κ2) is 6.01. The summed E-state index contributed by atoms with van der Waals surface area (Å²) in [6.45, 7) is 0. The van der Waals surface area contributed by atoms with Gasteiger partial charge in [-0.05, 0) is 18.4 Å². The Morgan fingerprint density at radius 1 is 1.29 bits per heavy atom. The number of benzene rings is 1. The molecule has 1 heterocycles. The van der Waals surface area contributed by atoms with Crippen molar-refractivity contribution in [2.75, 3.05) is 20.5 Å². The molecule has 0 aliphatic carbocycles. The molecular formula is C10H13NOS2. The average Bonchev–Trinajstić information content (AvgIpc) is 2.61. The van der Waals surface area contributed by atoms with Crippen molar-refractivity contribution in [1.82, 2.24) is 4.98 Å². The summed E-state index contributed by atoms with van der Waals surface area (Å²) in [4.78, 5) is 4.41. The molecule has 4 heteroatoms. The predicted octanol–water partition coefficient (Wildman–Crippen LogP) is 3.28. The van der Waals surface area contributed by atoms with E-state index >= 15 is 0 Å². The summed E-state index contributed by atoms with van der Waals surface area (Å²) in [5, 5.41) is 0. The Bertz CT molecular complexity index is 353. The number of methoxy groups -OCH3 is 1. The minimum atomic E-state index is 1.11. The number of nitrogens with zero attached hydrogens (tertiary/aromatic N) is 1. The predicted molar refractivity (Wildman–Crippen MR) is 64.3 cm³/mol. The van der Waals surface area contributed by atoms with Gasteiger partial charge in [0.05, 0.1) is 10.2 Å². The molecule has 2 nitrogen and oxygen atoms in total. The van der Waals surface area contributed by atoms with E-state index in [-0.39, 0.29) is 0 Å². The van der Waals surface area contributed by atoms with Gasteiger partial charge < -0.3 is 4.74 Å². The maximum Gasteiger partial charge on any atom is 0.150 e. The number of thiazole rings is 1. The SMILES string of the molecule is COC.CSc1nc2ccccc2s1. The van der Waals surface area contributed by atoms with Crippen LogP contribution in [0.3, 0.4) is 0 Å². The molecule has 0 saturated heterocycles. The Morgan fingerprint density at radius 2 is 1.93 bits per heavy atom. The molecule has 0 saturated carbocycles. The highest BCUT2D eigenvalue weighted by molar-refractivity contribution is 8.00. The molecule has 0 atom stereocenters. The van der Waals surface area contributed by atoms with Gasteiger partial charge in [0, 0.05) is 14.2 Å². The lowest BCUT2D eigenvalue weighted by atomic mass is 10.3. The molecule has 0 unspecified atom stereocenters. The number of rotatable bonds is 1. The van der Waals surface area contributed by atoms with Crippen LogP contribution in [0.1, 0.15) is 0 Å². The molecule has 2 rings (SSSR count). The molecule has 1 aromatic carbocycles. The Kier molecular flexibility index (Phi) is 4.93. The fourth-order valence-corrected chi connectivity index (χ4v) is 2.43. The van der Waals surface area contributed by atoms with Crippen molar-refractivity contribution in [3.63, 3.8) is 0 Å². The smallest absolute Gasteiger partial charge is 0.150 e. The van der Waals surface area contributed by atoms with Crippen molar-refractivity contribution in [2.45, 2.75) is 4.34 Å². The van der Waals surface area contributed by atoms with Crippen LogP contribution >= 0.6 is 23.1 Å². The van der Waals surface area contributed by atoms with Gasteiger partial charge in [-0.1, -0.05) is 23.9 Å². The van der Waals surface area contributed by atoms with Gasteiger partial charge in [-0.3, -0.25) is 0 Å². The summed E-state index contributed by atoms with van der Waals surface area (Å²) in [5.74, 6) is 0. The van der Waals surface area contributed by atoms with Crippen LogP contribution in [-0.4, -0.2) is 25.5 Å². The van der Waals surface area contributed by atoms with Crippen molar-refractivity contribution < 1.29 is 4.74 Å². The fraction of sp³-hybridized carbons (Fsp3) is 0.300. The summed E-state index contributed by atoms with van der Waals surface area (Å²) < 4.78 is 6.67. The Labute approximate surface area is 92.3 Å². The number of ether oxygens (including phenoxy) is 1. The first-order chi connectivity index (χ1) is 6.81. The van der Waals surface area contributed by atoms with E-state index in [1.807, 2.05) is 18.2 Å². The number of hydrogen-bond acceptors (Lipinski definition) is 4. The van der Waals surface area contributed by atoms with Gasteiger partial charge in [-0.2, -0.15) is 0 Å². The van der Waals surface area contributed by atoms with E-state index in [0.717, 1.165) is 9.86 Å². The van der Waals surface area contributed by atoms with E-state index in [1.165, 1.54) is 4.70 Å². The highest BCUT2D eigenvalue weighted by atomic mass is 32.2. The van der Waals surface area contributed by atoms with E-state index in [2.05, 4.69) is 22.0 Å². The summed E-state index contributed by atoms with van der Waals surface area (Å²) in [6, 6.07) is 8.22. The standard InChI is InChI=1S/C8H7NS2.C2H6O/c1-10-8-9-6-4-2-3-5-7(6)11-8;1-3-2/h2-5H,1H3;1-2H3. The summed E-state index contributed by atoms with van der Waals surface area (Å²) >= 11 is 3.45. The third kappa shape index (κ3) is 2.97. The average molecular weight is 227 g/mol. The molecule has 0 amide bonds. The summed E-state index contributed by atoms with van der Waals surface area (Å²) in [6.07, 6.45) is 2.05. The molecule has 76 valence electrons. The molecule has 0 aliphatic rings. The molecule has 14 heavy (non-hydrogen) atoms.